The van der Waals surface area contributed by atoms with E-state index in [4.69, 9.17) is 9.44 Å². The van der Waals surface area contributed by atoms with Crippen molar-refractivity contribution in [2.24, 2.45) is 0 Å². The molecule has 0 aliphatic carbocycles. The molecule has 0 atom stereocenters. The summed E-state index contributed by atoms with van der Waals surface area (Å²) in [6, 6.07) is 18.8. The van der Waals surface area contributed by atoms with Crippen LogP contribution in [-0.4, -0.2) is 25.4 Å². The Balaban J connectivity index is 1.75. The van der Waals surface area contributed by atoms with Crippen LogP contribution >= 0.6 is 0 Å². The molecule has 0 saturated carbocycles. The maximum atomic E-state index is 13.1. The van der Waals surface area contributed by atoms with Gasteiger partial charge < -0.3 is 14.4 Å². The largest absolute Gasteiger partial charge is 0.379 e. The maximum Gasteiger partial charge on any atom is 0.339 e. The summed E-state index contributed by atoms with van der Waals surface area (Å²) in [6.07, 6.45) is 0. The van der Waals surface area contributed by atoms with E-state index in [1.54, 1.807) is 41.3 Å². The number of anilines is 1. The van der Waals surface area contributed by atoms with Gasteiger partial charge in [-0.15, -0.1) is 0 Å². The molecule has 0 heterocycles. The van der Waals surface area contributed by atoms with Crippen molar-refractivity contribution < 1.29 is 21.8 Å². The number of nitrogens with zero attached hydrogens (tertiary/aromatic N) is 2. The van der Waals surface area contributed by atoms with E-state index in [1.807, 2.05) is 19.9 Å². The Morgan fingerprint density at radius 2 is 1.79 bits per heavy atom. The van der Waals surface area contributed by atoms with Crippen LogP contribution in [0.25, 0.3) is 0 Å². The molecule has 0 bridgehead atoms. The molecule has 3 aromatic carbocycles. The van der Waals surface area contributed by atoms with Crippen LogP contribution in [0.5, 0.6) is 5.75 Å². The zero-order valence-electron chi connectivity index (χ0n) is 18.0. The zero-order valence-corrected chi connectivity index (χ0v) is 18.8. The number of nitriles is 1. The summed E-state index contributed by atoms with van der Waals surface area (Å²) in [6.45, 7) is 3.89. The highest BCUT2D eigenvalue weighted by atomic mass is 32.2. The molecular weight excluding hydrogens is 445 g/mol. The molecule has 0 aliphatic rings. The predicted molar refractivity (Wildman–Crippen MR) is 122 cm³/mol. The highest BCUT2D eigenvalue weighted by molar-refractivity contribution is 7.87. The molecule has 7 nitrogen and oxygen atoms in total. The van der Waals surface area contributed by atoms with Crippen molar-refractivity contribution in [2.75, 3.05) is 5.32 Å². The topological polar surface area (TPSA) is 99.5 Å². The average molecular weight is 468 g/mol. The third-order valence-corrected chi connectivity index (χ3v) is 5.95. The van der Waals surface area contributed by atoms with Crippen molar-refractivity contribution in [1.29, 1.82) is 5.26 Å². The molecule has 0 saturated heterocycles. The van der Waals surface area contributed by atoms with Crippen molar-refractivity contribution in [2.45, 2.75) is 31.3 Å². The molecule has 9 heteroatoms. The number of halogens is 1. The van der Waals surface area contributed by atoms with Gasteiger partial charge in [0, 0.05) is 18.3 Å². The minimum Gasteiger partial charge on any atom is -0.379 e. The SMILES string of the molecule is CC(C)N(Cc1cccc(OS(=O)(=O)c2ccc(F)cc2)c1)C(=O)Nc1cccc(C#N)c1. The first kappa shape index (κ1) is 23.8. The van der Waals surface area contributed by atoms with Crippen LogP contribution < -0.4 is 9.50 Å². The zero-order chi connectivity index (χ0) is 24.0. The van der Waals surface area contributed by atoms with Gasteiger partial charge >= 0.3 is 16.1 Å². The van der Waals surface area contributed by atoms with Gasteiger partial charge in [-0.3, -0.25) is 0 Å². The first-order valence-electron chi connectivity index (χ1n) is 10.0. The second-order valence-corrected chi connectivity index (χ2v) is 9.03. The first-order chi connectivity index (χ1) is 15.7. The van der Waals surface area contributed by atoms with E-state index in [0.29, 0.717) is 16.8 Å². The summed E-state index contributed by atoms with van der Waals surface area (Å²) in [4.78, 5) is 14.3. The molecule has 0 aromatic heterocycles. The minimum atomic E-state index is -4.14. The quantitative estimate of drug-likeness (QED) is 0.498. The fourth-order valence-corrected chi connectivity index (χ4v) is 3.94. The maximum absolute atomic E-state index is 13.1. The Labute approximate surface area is 192 Å². The number of urea groups is 1. The Bertz CT molecular complexity index is 1290. The first-order valence-corrected chi connectivity index (χ1v) is 11.5. The van der Waals surface area contributed by atoms with Crippen molar-refractivity contribution in [3.8, 4) is 11.8 Å². The Morgan fingerprint density at radius 3 is 2.45 bits per heavy atom. The Kier molecular flexibility index (Phi) is 7.30. The number of carbonyl (C=O) groups excluding carboxylic acids is 1. The van der Waals surface area contributed by atoms with E-state index in [2.05, 4.69) is 5.32 Å². The smallest absolute Gasteiger partial charge is 0.339 e. The van der Waals surface area contributed by atoms with Crippen molar-refractivity contribution in [3.05, 3.63) is 89.7 Å². The summed E-state index contributed by atoms with van der Waals surface area (Å²) in [5, 5.41) is 11.8. The van der Waals surface area contributed by atoms with E-state index in [0.717, 1.165) is 24.3 Å². The number of nitrogens with one attached hydrogen (secondary N) is 1. The van der Waals surface area contributed by atoms with E-state index in [-0.39, 0.29) is 29.3 Å². The van der Waals surface area contributed by atoms with Crippen LogP contribution in [-0.2, 0) is 16.7 Å². The average Bonchev–Trinajstić information content (AvgIpc) is 2.77. The van der Waals surface area contributed by atoms with Gasteiger partial charge in [-0.1, -0.05) is 18.2 Å². The van der Waals surface area contributed by atoms with E-state index < -0.39 is 15.9 Å². The monoisotopic (exact) mass is 467 g/mol. The van der Waals surface area contributed by atoms with Gasteiger partial charge in [0.25, 0.3) is 0 Å². The van der Waals surface area contributed by atoms with Crippen LogP contribution in [0.3, 0.4) is 0 Å². The number of benzene rings is 3. The normalized spacial score (nSPS) is 11.0. The molecule has 0 spiro atoms. The van der Waals surface area contributed by atoms with Crippen molar-refractivity contribution >= 4 is 21.8 Å². The Hall–Kier alpha value is -3.90. The van der Waals surface area contributed by atoms with Gasteiger partial charge in [-0.05, 0) is 74.0 Å². The summed E-state index contributed by atoms with van der Waals surface area (Å²) in [7, 11) is -4.14. The van der Waals surface area contributed by atoms with Crippen molar-refractivity contribution in [1.82, 2.24) is 4.90 Å². The van der Waals surface area contributed by atoms with E-state index in [1.165, 1.54) is 12.1 Å². The summed E-state index contributed by atoms with van der Waals surface area (Å²) < 4.78 is 43.2. The van der Waals surface area contributed by atoms with Gasteiger partial charge in [-0.2, -0.15) is 13.7 Å². The number of amides is 2. The summed E-state index contributed by atoms with van der Waals surface area (Å²) >= 11 is 0. The minimum absolute atomic E-state index is 0.0719. The van der Waals surface area contributed by atoms with Crippen LogP contribution in [0.1, 0.15) is 25.0 Å². The number of hydrogen-bond donors (Lipinski definition) is 1. The van der Waals surface area contributed by atoms with Crippen LogP contribution in [0, 0.1) is 17.1 Å². The van der Waals surface area contributed by atoms with Gasteiger partial charge in [0.15, 0.2) is 0 Å². The summed E-state index contributed by atoms with van der Waals surface area (Å²) in [5.41, 5.74) is 1.57. The lowest BCUT2D eigenvalue weighted by Gasteiger charge is -2.27. The molecule has 170 valence electrons. The molecule has 3 aromatic rings. The molecule has 1 N–H and O–H groups in total. The highest BCUT2D eigenvalue weighted by Gasteiger charge is 2.20. The molecule has 0 radical (unpaired) electrons. The van der Waals surface area contributed by atoms with E-state index >= 15 is 0 Å². The van der Waals surface area contributed by atoms with Gasteiger partial charge in [-0.25, -0.2) is 9.18 Å². The molecule has 2 amide bonds. The predicted octanol–water partition coefficient (Wildman–Crippen LogP) is 4.91. The van der Waals surface area contributed by atoms with Crippen molar-refractivity contribution in [3.63, 3.8) is 0 Å². The number of hydrogen-bond acceptors (Lipinski definition) is 5. The summed E-state index contributed by atoms with van der Waals surface area (Å²) in [5.74, 6) is -0.481. The number of carbonyl (C=O) groups is 1. The highest BCUT2D eigenvalue weighted by Crippen LogP contribution is 2.22. The third kappa shape index (κ3) is 6.30. The lowest BCUT2D eigenvalue weighted by Crippen LogP contribution is -2.39. The molecule has 0 fully saturated rings. The van der Waals surface area contributed by atoms with Crippen LogP contribution in [0.2, 0.25) is 0 Å². The standard InChI is InChI=1S/C24H22FN3O4S/c1-17(2)28(24(29)27-21-7-3-5-18(13-21)15-26)16-19-6-4-8-22(14-19)32-33(30,31)23-11-9-20(25)10-12-23/h3-14,17H,16H2,1-2H3,(H,27,29). The Morgan fingerprint density at radius 1 is 1.09 bits per heavy atom. The molecule has 3 rings (SSSR count). The molecule has 0 aliphatic heterocycles. The second-order valence-electron chi connectivity index (χ2n) is 7.48. The van der Waals surface area contributed by atoms with Gasteiger partial charge in [0.1, 0.15) is 16.5 Å². The number of rotatable bonds is 7. The van der Waals surface area contributed by atoms with Gasteiger partial charge in [0.2, 0.25) is 0 Å². The fraction of sp³-hybridized carbons (Fsp3) is 0.167. The lowest BCUT2D eigenvalue weighted by molar-refractivity contribution is 0.193. The molecule has 33 heavy (non-hydrogen) atoms. The van der Waals surface area contributed by atoms with Crippen LogP contribution in [0.15, 0.2) is 77.7 Å². The third-order valence-electron chi connectivity index (χ3n) is 4.69. The van der Waals surface area contributed by atoms with Crippen LogP contribution in [0.4, 0.5) is 14.9 Å². The fourth-order valence-electron chi connectivity index (χ4n) is 3.02. The molecule has 0 unspecified atom stereocenters. The lowest BCUT2D eigenvalue weighted by atomic mass is 10.2. The van der Waals surface area contributed by atoms with E-state index in [9.17, 15) is 17.6 Å². The second kappa shape index (κ2) is 10.1. The molecular formula is C24H22FN3O4S. The van der Waals surface area contributed by atoms with Gasteiger partial charge in [0.05, 0.1) is 11.6 Å².